The first kappa shape index (κ1) is 14.4. The van der Waals surface area contributed by atoms with Gasteiger partial charge in [0.1, 0.15) is 0 Å². The molecular weight excluding hydrogens is 228 g/mol. The molecule has 1 aromatic rings. The van der Waals surface area contributed by atoms with Gasteiger partial charge in [0.25, 0.3) is 0 Å². The second-order valence-corrected chi connectivity index (χ2v) is 5.89. The van der Waals surface area contributed by atoms with Crippen molar-refractivity contribution < 1.29 is 0 Å². The van der Waals surface area contributed by atoms with Crippen LogP contribution >= 0.6 is 0 Å². The Morgan fingerprint density at radius 2 is 1.32 bits per heavy atom. The van der Waals surface area contributed by atoms with Crippen molar-refractivity contribution in [1.29, 1.82) is 0 Å². The van der Waals surface area contributed by atoms with Crippen LogP contribution in [-0.4, -0.2) is 0 Å². The third-order valence-electron chi connectivity index (χ3n) is 4.16. The first-order valence-electron chi connectivity index (χ1n) is 8.17. The maximum absolute atomic E-state index is 2.54. The van der Waals surface area contributed by atoms with Gasteiger partial charge in [-0.25, -0.2) is 0 Å². The lowest BCUT2D eigenvalue weighted by Gasteiger charge is -2.10. The van der Waals surface area contributed by atoms with Crippen LogP contribution in [0.3, 0.4) is 0 Å². The van der Waals surface area contributed by atoms with E-state index in [0.717, 1.165) is 0 Å². The average Bonchev–Trinajstić information content (AvgIpc) is 2.43. The fourth-order valence-electron chi connectivity index (χ4n) is 2.98. The fraction of sp³-hybridized carbons (Fsp3) is 0.579. The minimum Gasteiger partial charge on any atom is -0.0850 e. The van der Waals surface area contributed by atoms with Crippen molar-refractivity contribution in [3.63, 3.8) is 0 Å². The molecule has 0 heterocycles. The third-order valence-corrected chi connectivity index (χ3v) is 4.16. The van der Waals surface area contributed by atoms with Gasteiger partial charge < -0.3 is 0 Å². The summed E-state index contributed by atoms with van der Waals surface area (Å²) >= 11 is 0. The molecule has 0 saturated heterocycles. The summed E-state index contributed by atoms with van der Waals surface area (Å²) in [7, 11) is 0. The molecule has 0 unspecified atom stereocenters. The van der Waals surface area contributed by atoms with Crippen LogP contribution in [0.25, 0.3) is 0 Å². The molecule has 19 heavy (non-hydrogen) atoms. The molecule has 104 valence electrons. The molecular formula is C19H28. The van der Waals surface area contributed by atoms with Gasteiger partial charge >= 0.3 is 0 Å². The predicted octanol–water partition coefficient (Wildman–Crippen LogP) is 6.07. The molecule has 0 heteroatoms. The largest absolute Gasteiger partial charge is 0.0850 e. The van der Waals surface area contributed by atoms with Crippen LogP contribution in [0.15, 0.2) is 42.0 Å². The molecule has 0 nitrogen and oxygen atoms in total. The number of allylic oxidation sites excluding steroid dienone is 2. The van der Waals surface area contributed by atoms with Gasteiger partial charge in [-0.2, -0.15) is 0 Å². The molecule has 0 amide bonds. The predicted molar refractivity (Wildman–Crippen MR) is 84.4 cm³/mol. The van der Waals surface area contributed by atoms with Gasteiger partial charge in [-0.3, -0.25) is 0 Å². The first-order chi connectivity index (χ1) is 9.45. The second kappa shape index (κ2) is 8.96. The Bertz CT molecular complexity index is 361. The number of benzene rings is 1. The Kier molecular flexibility index (Phi) is 6.78. The molecule has 0 aliphatic heterocycles. The van der Waals surface area contributed by atoms with Gasteiger partial charge in [0, 0.05) is 0 Å². The van der Waals surface area contributed by atoms with Gasteiger partial charge in [0.2, 0.25) is 0 Å². The van der Waals surface area contributed by atoms with E-state index < -0.39 is 0 Å². The van der Waals surface area contributed by atoms with Crippen molar-refractivity contribution >= 4 is 0 Å². The fourth-order valence-corrected chi connectivity index (χ4v) is 2.98. The molecule has 0 atom stereocenters. The molecule has 1 aliphatic rings. The number of rotatable bonds is 2. The zero-order valence-corrected chi connectivity index (χ0v) is 12.2. The molecule has 0 bridgehead atoms. The summed E-state index contributed by atoms with van der Waals surface area (Å²) in [4.78, 5) is 0. The third kappa shape index (κ3) is 6.09. The van der Waals surface area contributed by atoms with Crippen molar-refractivity contribution in [3.05, 3.63) is 47.5 Å². The Balaban J connectivity index is 1.90. The molecule has 0 aromatic heterocycles. The van der Waals surface area contributed by atoms with Gasteiger partial charge in [-0.15, -0.1) is 0 Å². The highest BCUT2D eigenvalue weighted by Crippen LogP contribution is 2.19. The zero-order chi connectivity index (χ0) is 13.2. The van der Waals surface area contributed by atoms with Crippen LogP contribution in [0.5, 0.6) is 0 Å². The van der Waals surface area contributed by atoms with Crippen LogP contribution in [0.4, 0.5) is 0 Å². The lowest BCUT2D eigenvalue weighted by molar-refractivity contribution is 0.561. The van der Waals surface area contributed by atoms with E-state index in [2.05, 4.69) is 36.4 Å². The minimum absolute atomic E-state index is 1.17. The van der Waals surface area contributed by atoms with E-state index in [9.17, 15) is 0 Å². The molecule has 0 radical (unpaired) electrons. The quantitative estimate of drug-likeness (QED) is 0.563. The van der Waals surface area contributed by atoms with Crippen molar-refractivity contribution in [1.82, 2.24) is 0 Å². The molecule has 0 N–H and O–H groups in total. The molecule has 0 spiro atoms. The standard InChI is InChI=1S/C19H28/c1-2-4-6-9-13-18(14-10-7-5-3-1)17-19-15-11-8-12-16-19/h8,11-13,15-16H,1-7,9-10,14,17H2. The monoisotopic (exact) mass is 256 g/mol. The van der Waals surface area contributed by atoms with E-state index in [0.29, 0.717) is 0 Å². The normalized spacial score (nSPS) is 19.1. The first-order valence-corrected chi connectivity index (χ1v) is 8.17. The zero-order valence-electron chi connectivity index (χ0n) is 12.2. The van der Waals surface area contributed by atoms with Gasteiger partial charge in [-0.1, -0.05) is 80.5 Å². The highest BCUT2D eigenvalue weighted by molar-refractivity contribution is 5.21. The Morgan fingerprint density at radius 3 is 2.05 bits per heavy atom. The van der Waals surface area contributed by atoms with Gasteiger partial charge in [-0.05, 0) is 37.7 Å². The Labute approximate surface area is 118 Å². The van der Waals surface area contributed by atoms with Crippen molar-refractivity contribution in [2.24, 2.45) is 0 Å². The van der Waals surface area contributed by atoms with Crippen molar-refractivity contribution in [2.45, 2.75) is 70.6 Å². The maximum Gasteiger partial charge on any atom is -0.00671 e. The van der Waals surface area contributed by atoms with Gasteiger partial charge in [0.15, 0.2) is 0 Å². The molecule has 1 aromatic carbocycles. The van der Waals surface area contributed by atoms with E-state index >= 15 is 0 Å². The van der Waals surface area contributed by atoms with Crippen LogP contribution in [-0.2, 0) is 6.42 Å². The Hall–Kier alpha value is -1.04. The number of hydrogen-bond acceptors (Lipinski definition) is 0. The minimum atomic E-state index is 1.17. The van der Waals surface area contributed by atoms with E-state index in [1.807, 2.05) is 0 Å². The summed E-state index contributed by atoms with van der Waals surface area (Å²) in [6.07, 6.45) is 17.7. The smallest absolute Gasteiger partial charge is 0.00671 e. The van der Waals surface area contributed by atoms with Crippen LogP contribution in [0.2, 0.25) is 0 Å². The van der Waals surface area contributed by atoms with Crippen molar-refractivity contribution in [2.75, 3.05) is 0 Å². The van der Waals surface area contributed by atoms with Crippen LogP contribution in [0, 0.1) is 0 Å². The lowest BCUT2D eigenvalue weighted by atomic mass is 9.96. The van der Waals surface area contributed by atoms with E-state index in [1.54, 1.807) is 5.57 Å². The Morgan fingerprint density at radius 1 is 0.684 bits per heavy atom. The van der Waals surface area contributed by atoms with E-state index in [1.165, 1.54) is 76.2 Å². The molecule has 2 rings (SSSR count). The highest BCUT2D eigenvalue weighted by atomic mass is 14.1. The molecule has 0 fully saturated rings. The molecule has 0 saturated carbocycles. The SMILES string of the molecule is C1=C(Cc2ccccc2)CCCCCCCCCC1. The summed E-state index contributed by atoms with van der Waals surface area (Å²) in [6, 6.07) is 10.9. The van der Waals surface area contributed by atoms with E-state index in [4.69, 9.17) is 0 Å². The lowest BCUT2D eigenvalue weighted by Crippen LogP contribution is -1.93. The van der Waals surface area contributed by atoms with Gasteiger partial charge in [0.05, 0.1) is 0 Å². The van der Waals surface area contributed by atoms with E-state index in [-0.39, 0.29) is 0 Å². The second-order valence-electron chi connectivity index (χ2n) is 5.89. The molecule has 1 aliphatic carbocycles. The number of hydrogen-bond donors (Lipinski definition) is 0. The average molecular weight is 256 g/mol. The van der Waals surface area contributed by atoms with Crippen LogP contribution in [0.1, 0.15) is 69.8 Å². The summed E-state index contributed by atoms with van der Waals surface area (Å²) in [5.41, 5.74) is 3.15. The highest BCUT2D eigenvalue weighted by Gasteiger charge is 2.02. The summed E-state index contributed by atoms with van der Waals surface area (Å²) in [5, 5.41) is 0. The van der Waals surface area contributed by atoms with Crippen LogP contribution < -0.4 is 0 Å². The summed E-state index contributed by atoms with van der Waals surface area (Å²) < 4.78 is 0. The maximum atomic E-state index is 2.54. The summed E-state index contributed by atoms with van der Waals surface area (Å²) in [6.45, 7) is 0. The topological polar surface area (TPSA) is 0 Å². The van der Waals surface area contributed by atoms with Crippen molar-refractivity contribution in [3.8, 4) is 0 Å². The summed E-state index contributed by atoms with van der Waals surface area (Å²) in [5.74, 6) is 0.